The molecule has 0 bridgehead atoms. The van der Waals surface area contributed by atoms with Gasteiger partial charge >= 0.3 is 0 Å². The topological polar surface area (TPSA) is 29.5 Å². The normalized spacial score (nSPS) is 29.6. The van der Waals surface area contributed by atoms with Gasteiger partial charge in [-0.25, -0.2) is 0 Å². The molecule has 3 heteroatoms. The number of aliphatic hydroxyl groups excluding tert-OH is 1. The maximum atomic E-state index is 8.98. The summed E-state index contributed by atoms with van der Waals surface area (Å²) in [5.74, 6) is 2.60. The van der Waals surface area contributed by atoms with Gasteiger partial charge in [0.1, 0.15) is 0 Å². The molecule has 17 heavy (non-hydrogen) atoms. The van der Waals surface area contributed by atoms with Crippen LogP contribution in [0.1, 0.15) is 51.9 Å². The van der Waals surface area contributed by atoms with Crippen LogP contribution in [0.3, 0.4) is 0 Å². The van der Waals surface area contributed by atoms with Crippen molar-refractivity contribution in [2.24, 2.45) is 5.92 Å². The zero-order valence-electron chi connectivity index (χ0n) is 11.0. The highest BCUT2D eigenvalue weighted by Crippen LogP contribution is 2.42. The van der Waals surface area contributed by atoms with Crippen molar-refractivity contribution < 1.29 is 9.84 Å². The molecule has 0 radical (unpaired) electrons. The zero-order chi connectivity index (χ0) is 12.1. The Kier molecular flexibility index (Phi) is 5.19. The number of rotatable bonds is 5. The quantitative estimate of drug-likeness (QED) is 0.821. The van der Waals surface area contributed by atoms with Gasteiger partial charge in [0, 0.05) is 12.4 Å². The van der Waals surface area contributed by atoms with Gasteiger partial charge in [-0.2, -0.15) is 11.8 Å². The van der Waals surface area contributed by atoms with Gasteiger partial charge in [-0.05, 0) is 37.4 Å². The molecule has 1 saturated heterocycles. The van der Waals surface area contributed by atoms with E-state index < -0.39 is 0 Å². The molecule has 0 aromatic heterocycles. The minimum atomic E-state index is 0.270. The van der Waals surface area contributed by atoms with E-state index in [1.165, 1.54) is 44.9 Å². The Morgan fingerprint density at radius 2 is 2.06 bits per heavy atom. The Morgan fingerprint density at radius 3 is 2.76 bits per heavy atom. The van der Waals surface area contributed by atoms with E-state index in [4.69, 9.17) is 9.84 Å². The minimum Gasteiger partial charge on any atom is -0.396 e. The number of hydrogen-bond acceptors (Lipinski definition) is 3. The monoisotopic (exact) mass is 258 g/mol. The van der Waals surface area contributed by atoms with Crippen LogP contribution in [0.4, 0.5) is 0 Å². The lowest BCUT2D eigenvalue weighted by Gasteiger charge is -2.33. The van der Waals surface area contributed by atoms with Gasteiger partial charge in [0.2, 0.25) is 0 Å². The van der Waals surface area contributed by atoms with Crippen molar-refractivity contribution in [3.05, 3.63) is 0 Å². The first-order valence-electron chi connectivity index (χ1n) is 7.10. The number of ether oxygens (including phenoxy) is 1. The number of thioether (sulfide) groups is 1. The van der Waals surface area contributed by atoms with E-state index in [9.17, 15) is 0 Å². The summed E-state index contributed by atoms with van der Waals surface area (Å²) in [5.41, 5.74) is 0.270. The highest BCUT2D eigenvalue weighted by Gasteiger charge is 2.40. The average molecular weight is 258 g/mol. The maximum absolute atomic E-state index is 8.98. The summed E-state index contributed by atoms with van der Waals surface area (Å²) in [5, 5.41) is 8.98. The van der Waals surface area contributed by atoms with Crippen LogP contribution in [-0.4, -0.2) is 34.9 Å². The first-order chi connectivity index (χ1) is 8.24. The first-order valence-corrected chi connectivity index (χ1v) is 8.26. The van der Waals surface area contributed by atoms with E-state index >= 15 is 0 Å². The molecule has 0 amide bonds. The van der Waals surface area contributed by atoms with Crippen LogP contribution < -0.4 is 0 Å². The molecule has 2 atom stereocenters. The molecule has 1 N–H and O–H groups in total. The molecule has 2 aliphatic rings. The van der Waals surface area contributed by atoms with Crippen molar-refractivity contribution in [1.82, 2.24) is 0 Å². The molecule has 0 aromatic rings. The van der Waals surface area contributed by atoms with E-state index in [1.807, 2.05) is 11.8 Å². The first kappa shape index (κ1) is 13.7. The molecular weight excluding hydrogens is 232 g/mol. The predicted molar refractivity (Wildman–Crippen MR) is 73.5 cm³/mol. The second kappa shape index (κ2) is 6.44. The summed E-state index contributed by atoms with van der Waals surface area (Å²) in [6.45, 7) is 2.41. The van der Waals surface area contributed by atoms with Crippen LogP contribution in [0.15, 0.2) is 0 Å². The standard InChI is InChI=1S/C14H26O2S/c1-12(9-15)10-17-11-13-5-8-14(16-13)6-3-2-4-7-14/h12-13,15H,2-11H2,1H3. The van der Waals surface area contributed by atoms with Gasteiger partial charge in [0.05, 0.1) is 11.7 Å². The lowest BCUT2D eigenvalue weighted by atomic mass is 9.83. The summed E-state index contributed by atoms with van der Waals surface area (Å²) in [6.07, 6.45) is 9.72. The van der Waals surface area contributed by atoms with E-state index in [-0.39, 0.29) is 5.60 Å². The number of aliphatic hydroxyl groups is 1. The molecule has 2 rings (SSSR count). The predicted octanol–water partition coefficient (Wildman–Crippen LogP) is 3.23. The molecule has 2 fully saturated rings. The third kappa shape index (κ3) is 3.87. The van der Waals surface area contributed by atoms with Gasteiger partial charge in [0.15, 0.2) is 0 Å². The molecular formula is C14H26O2S. The van der Waals surface area contributed by atoms with Gasteiger partial charge in [-0.15, -0.1) is 0 Å². The number of hydrogen-bond donors (Lipinski definition) is 1. The second-order valence-corrected chi connectivity index (χ2v) is 6.92. The van der Waals surface area contributed by atoms with Crippen molar-refractivity contribution in [2.75, 3.05) is 18.1 Å². The minimum absolute atomic E-state index is 0.270. The average Bonchev–Trinajstić information content (AvgIpc) is 2.73. The van der Waals surface area contributed by atoms with Crippen molar-refractivity contribution in [2.45, 2.75) is 63.6 Å². The van der Waals surface area contributed by atoms with Crippen LogP contribution in [0.2, 0.25) is 0 Å². The fourth-order valence-corrected chi connectivity index (χ4v) is 4.17. The van der Waals surface area contributed by atoms with E-state index in [0.29, 0.717) is 18.6 Å². The second-order valence-electron chi connectivity index (χ2n) is 5.85. The molecule has 0 aromatic carbocycles. The van der Waals surface area contributed by atoms with Crippen LogP contribution in [0, 0.1) is 5.92 Å². The fraction of sp³-hybridized carbons (Fsp3) is 1.00. The van der Waals surface area contributed by atoms with Crippen molar-refractivity contribution in [1.29, 1.82) is 0 Å². The van der Waals surface area contributed by atoms with Crippen molar-refractivity contribution in [3.8, 4) is 0 Å². The Balaban J connectivity index is 1.67. The van der Waals surface area contributed by atoms with Crippen molar-refractivity contribution in [3.63, 3.8) is 0 Å². The Hall–Kier alpha value is 0.270. The largest absolute Gasteiger partial charge is 0.396 e. The molecule has 1 aliphatic carbocycles. The summed E-state index contributed by atoms with van der Waals surface area (Å²) in [6, 6.07) is 0. The smallest absolute Gasteiger partial charge is 0.0687 e. The lowest BCUT2D eigenvalue weighted by molar-refractivity contribution is -0.0555. The Bertz CT molecular complexity index is 226. The van der Waals surface area contributed by atoms with E-state index in [0.717, 1.165) is 11.5 Å². The third-order valence-corrected chi connectivity index (χ3v) is 5.53. The SMILES string of the molecule is CC(CO)CSCC1CCC2(CCCCC2)O1. The Labute approximate surface area is 110 Å². The van der Waals surface area contributed by atoms with Gasteiger partial charge in [-0.3, -0.25) is 0 Å². The summed E-state index contributed by atoms with van der Waals surface area (Å²) < 4.78 is 6.32. The molecule has 100 valence electrons. The molecule has 2 nitrogen and oxygen atoms in total. The molecule has 2 unspecified atom stereocenters. The van der Waals surface area contributed by atoms with Gasteiger partial charge in [0.25, 0.3) is 0 Å². The van der Waals surface area contributed by atoms with Crippen LogP contribution in [0.5, 0.6) is 0 Å². The lowest BCUT2D eigenvalue weighted by Crippen LogP contribution is -2.32. The Morgan fingerprint density at radius 1 is 1.29 bits per heavy atom. The maximum Gasteiger partial charge on any atom is 0.0687 e. The summed E-state index contributed by atoms with van der Waals surface area (Å²) in [4.78, 5) is 0. The van der Waals surface area contributed by atoms with Gasteiger partial charge in [-0.1, -0.05) is 26.2 Å². The summed E-state index contributed by atoms with van der Waals surface area (Å²) in [7, 11) is 0. The molecule has 1 heterocycles. The molecule has 1 spiro atoms. The van der Waals surface area contributed by atoms with Crippen LogP contribution >= 0.6 is 11.8 Å². The van der Waals surface area contributed by atoms with E-state index in [1.54, 1.807) is 0 Å². The van der Waals surface area contributed by atoms with E-state index in [2.05, 4.69) is 6.92 Å². The highest BCUT2D eigenvalue weighted by molar-refractivity contribution is 7.99. The summed E-state index contributed by atoms with van der Waals surface area (Å²) >= 11 is 1.95. The fourth-order valence-electron chi connectivity index (χ4n) is 3.03. The third-order valence-electron chi connectivity index (χ3n) is 4.12. The zero-order valence-corrected chi connectivity index (χ0v) is 11.8. The highest BCUT2D eigenvalue weighted by atomic mass is 32.2. The van der Waals surface area contributed by atoms with Crippen molar-refractivity contribution >= 4 is 11.8 Å². The van der Waals surface area contributed by atoms with Crippen LogP contribution in [-0.2, 0) is 4.74 Å². The van der Waals surface area contributed by atoms with Gasteiger partial charge < -0.3 is 9.84 Å². The van der Waals surface area contributed by atoms with Crippen LogP contribution in [0.25, 0.3) is 0 Å². The molecule has 1 saturated carbocycles. The molecule has 1 aliphatic heterocycles.